The molecule has 1 aromatic carbocycles. The number of likely N-dealkylation sites (tertiary alicyclic amines) is 1. The zero-order chi connectivity index (χ0) is 23.5. The predicted molar refractivity (Wildman–Crippen MR) is 122 cm³/mol. The molecule has 2 unspecified atom stereocenters. The molecule has 172 valence electrons. The van der Waals surface area contributed by atoms with Crippen LogP contribution in [-0.2, 0) is 21.4 Å². The van der Waals surface area contributed by atoms with Crippen molar-refractivity contribution >= 4 is 17.6 Å². The summed E-state index contributed by atoms with van der Waals surface area (Å²) in [7, 11) is 3.83. The van der Waals surface area contributed by atoms with Crippen molar-refractivity contribution in [3.63, 3.8) is 0 Å². The third kappa shape index (κ3) is 5.23. The minimum absolute atomic E-state index is 0.225. The number of amides is 2. The number of benzene rings is 1. The van der Waals surface area contributed by atoms with Crippen LogP contribution in [0, 0.1) is 6.92 Å². The van der Waals surface area contributed by atoms with Gasteiger partial charge in [-0.3, -0.25) is 9.59 Å². The van der Waals surface area contributed by atoms with E-state index in [0.717, 1.165) is 17.9 Å². The smallest absolute Gasteiger partial charge is 0.281 e. The number of hydrogen-bond acceptors (Lipinski definition) is 5. The van der Waals surface area contributed by atoms with Crippen LogP contribution in [0.15, 0.2) is 36.4 Å². The molecule has 2 aromatic rings. The van der Waals surface area contributed by atoms with Crippen molar-refractivity contribution in [2.75, 3.05) is 32.1 Å². The molecule has 1 N–H and O–H groups in total. The van der Waals surface area contributed by atoms with Gasteiger partial charge >= 0.3 is 0 Å². The zero-order valence-electron chi connectivity index (χ0n) is 19.5. The molecule has 32 heavy (non-hydrogen) atoms. The van der Waals surface area contributed by atoms with Gasteiger partial charge in [-0.2, -0.15) is 0 Å². The fourth-order valence-corrected chi connectivity index (χ4v) is 4.29. The molecule has 3 rings (SSSR count). The van der Waals surface area contributed by atoms with Crippen LogP contribution in [0.25, 0.3) is 0 Å². The van der Waals surface area contributed by atoms with E-state index in [1.807, 2.05) is 45.0 Å². The van der Waals surface area contributed by atoms with E-state index in [1.165, 1.54) is 11.8 Å². The maximum absolute atomic E-state index is 16.0. The van der Waals surface area contributed by atoms with Crippen molar-refractivity contribution in [1.29, 1.82) is 0 Å². The van der Waals surface area contributed by atoms with Crippen molar-refractivity contribution in [3.05, 3.63) is 53.5 Å². The molecule has 1 fully saturated rings. The second-order valence-electron chi connectivity index (χ2n) is 9.09. The third-order valence-corrected chi connectivity index (χ3v) is 5.89. The van der Waals surface area contributed by atoms with Gasteiger partial charge in [-0.15, -0.1) is 0 Å². The number of aryl methyl sites for hydroxylation is 1. The molecule has 0 bridgehead atoms. The molecule has 0 saturated carbocycles. The first-order chi connectivity index (χ1) is 15.0. The van der Waals surface area contributed by atoms with E-state index in [2.05, 4.69) is 15.3 Å². The number of carbonyl (C=O) groups is 2. The fourth-order valence-electron chi connectivity index (χ4n) is 4.29. The standard InChI is InChI=1S/C24H32FN5O2/c1-17-26-20(14-21(27-17)29(4)5)23(3)12-9-13-30(16-23)22(32)24(25,28-18(2)31)15-19-10-7-6-8-11-19/h6-8,10-11,14H,9,12-13,15-16H2,1-5H3,(H,28,31). The lowest BCUT2D eigenvalue weighted by Gasteiger charge is -2.42. The molecule has 0 radical (unpaired) electrons. The largest absolute Gasteiger partial charge is 0.363 e. The lowest BCUT2D eigenvalue weighted by Crippen LogP contribution is -2.60. The Morgan fingerprint density at radius 1 is 1.25 bits per heavy atom. The van der Waals surface area contributed by atoms with Crippen LogP contribution in [0.5, 0.6) is 0 Å². The maximum Gasteiger partial charge on any atom is 0.281 e. The molecule has 1 saturated heterocycles. The SMILES string of the molecule is CC(=O)NC(F)(Cc1ccccc1)C(=O)N1CCCC(C)(c2cc(N(C)C)nc(C)n2)C1. The highest BCUT2D eigenvalue weighted by Crippen LogP contribution is 2.35. The molecule has 2 atom stereocenters. The van der Waals surface area contributed by atoms with Crippen LogP contribution in [0.4, 0.5) is 10.2 Å². The molecular weight excluding hydrogens is 409 g/mol. The summed E-state index contributed by atoms with van der Waals surface area (Å²) < 4.78 is 16.0. The highest BCUT2D eigenvalue weighted by atomic mass is 19.1. The van der Waals surface area contributed by atoms with Crippen molar-refractivity contribution in [3.8, 4) is 0 Å². The first kappa shape index (κ1) is 23.6. The predicted octanol–water partition coefficient (Wildman–Crippen LogP) is 2.78. The average Bonchev–Trinajstić information content (AvgIpc) is 2.73. The van der Waals surface area contributed by atoms with Crippen molar-refractivity contribution < 1.29 is 14.0 Å². The first-order valence-corrected chi connectivity index (χ1v) is 10.9. The molecule has 1 aliphatic heterocycles. The third-order valence-electron chi connectivity index (χ3n) is 5.89. The number of hydrogen-bond donors (Lipinski definition) is 1. The zero-order valence-corrected chi connectivity index (χ0v) is 19.5. The normalized spacial score (nSPS) is 20.4. The number of alkyl halides is 1. The molecule has 7 nitrogen and oxygen atoms in total. The number of rotatable bonds is 6. The van der Waals surface area contributed by atoms with E-state index < -0.39 is 23.0 Å². The van der Waals surface area contributed by atoms with Crippen LogP contribution in [0.1, 0.15) is 43.8 Å². The summed E-state index contributed by atoms with van der Waals surface area (Å²) in [5, 5.41) is 2.27. The molecule has 2 amide bonds. The van der Waals surface area contributed by atoms with E-state index in [0.29, 0.717) is 30.9 Å². The number of nitrogens with one attached hydrogen (secondary N) is 1. The Bertz CT molecular complexity index is 984. The van der Waals surface area contributed by atoms with Gasteiger partial charge in [-0.25, -0.2) is 14.4 Å². The van der Waals surface area contributed by atoms with Crippen LogP contribution >= 0.6 is 0 Å². The number of aromatic nitrogens is 2. The Balaban J connectivity index is 1.89. The van der Waals surface area contributed by atoms with Gasteiger partial charge in [0.2, 0.25) is 5.91 Å². The quantitative estimate of drug-likeness (QED) is 0.698. The minimum Gasteiger partial charge on any atom is -0.363 e. The van der Waals surface area contributed by atoms with Crippen molar-refractivity contribution in [1.82, 2.24) is 20.2 Å². The van der Waals surface area contributed by atoms with Crippen molar-refractivity contribution in [2.24, 2.45) is 0 Å². The van der Waals surface area contributed by atoms with Crippen LogP contribution < -0.4 is 10.2 Å². The summed E-state index contributed by atoms with van der Waals surface area (Å²) >= 11 is 0. The van der Waals surface area contributed by atoms with Gasteiger partial charge in [0, 0.05) is 52.0 Å². The summed E-state index contributed by atoms with van der Waals surface area (Å²) in [6.07, 6.45) is 1.30. The Morgan fingerprint density at radius 2 is 1.94 bits per heavy atom. The van der Waals surface area contributed by atoms with Crippen LogP contribution in [0.2, 0.25) is 0 Å². The van der Waals surface area contributed by atoms with E-state index in [4.69, 9.17) is 0 Å². The Hall–Kier alpha value is -3.03. The van der Waals surface area contributed by atoms with E-state index in [9.17, 15) is 9.59 Å². The monoisotopic (exact) mass is 441 g/mol. The van der Waals surface area contributed by atoms with Gasteiger partial charge in [0.25, 0.3) is 11.7 Å². The maximum atomic E-state index is 16.0. The molecule has 8 heteroatoms. The fraction of sp³-hybridized carbons (Fsp3) is 0.500. The Labute approximate surface area is 189 Å². The van der Waals surface area contributed by atoms with Gasteiger partial charge in [0.15, 0.2) is 0 Å². The van der Waals surface area contributed by atoms with Gasteiger partial charge in [-0.1, -0.05) is 37.3 Å². The highest BCUT2D eigenvalue weighted by molar-refractivity contribution is 5.90. The van der Waals surface area contributed by atoms with Crippen molar-refractivity contribution in [2.45, 2.75) is 51.2 Å². The molecule has 0 aliphatic carbocycles. The molecule has 0 spiro atoms. The average molecular weight is 442 g/mol. The van der Waals surface area contributed by atoms with Crippen LogP contribution in [-0.4, -0.2) is 59.7 Å². The summed E-state index contributed by atoms with van der Waals surface area (Å²) in [4.78, 5) is 37.7. The molecule has 1 aliphatic rings. The summed E-state index contributed by atoms with van der Waals surface area (Å²) in [6, 6.07) is 10.8. The molecule has 2 heterocycles. The topological polar surface area (TPSA) is 78.4 Å². The second-order valence-corrected chi connectivity index (χ2v) is 9.09. The minimum atomic E-state index is -2.51. The lowest BCUT2D eigenvalue weighted by atomic mass is 9.78. The lowest BCUT2D eigenvalue weighted by molar-refractivity contribution is -0.152. The highest BCUT2D eigenvalue weighted by Gasteiger charge is 2.46. The second kappa shape index (κ2) is 9.22. The number of carbonyl (C=O) groups excluding carboxylic acids is 2. The van der Waals surface area contributed by atoms with E-state index in [-0.39, 0.29) is 6.42 Å². The Kier molecular flexibility index (Phi) is 6.81. The summed E-state index contributed by atoms with van der Waals surface area (Å²) in [5.74, 6) is -2.38. The summed E-state index contributed by atoms with van der Waals surface area (Å²) in [5.41, 5.74) is 1.02. The van der Waals surface area contributed by atoms with Crippen LogP contribution in [0.3, 0.4) is 0 Å². The molecular formula is C24H32FN5O2. The van der Waals surface area contributed by atoms with Gasteiger partial charge in [0.05, 0.1) is 5.69 Å². The van der Waals surface area contributed by atoms with E-state index in [1.54, 1.807) is 24.3 Å². The number of halogens is 1. The Morgan fingerprint density at radius 3 is 2.56 bits per heavy atom. The van der Waals surface area contributed by atoms with E-state index >= 15 is 4.39 Å². The number of nitrogens with zero attached hydrogens (tertiary/aromatic N) is 4. The van der Waals surface area contributed by atoms with Gasteiger partial charge in [-0.05, 0) is 25.3 Å². The number of piperidine rings is 1. The van der Waals surface area contributed by atoms with Gasteiger partial charge in [0.1, 0.15) is 11.6 Å². The first-order valence-electron chi connectivity index (χ1n) is 10.9. The van der Waals surface area contributed by atoms with Gasteiger partial charge < -0.3 is 15.1 Å². The summed E-state index contributed by atoms with van der Waals surface area (Å²) in [6.45, 7) is 5.85. The number of anilines is 1. The molecule has 1 aromatic heterocycles.